The van der Waals surface area contributed by atoms with Crippen molar-refractivity contribution < 1.29 is 9.59 Å². The molecule has 1 N–H and O–H groups in total. The zero-order valence-electron chi connectivity index (χ0n) is 18.1. The Balaban J connectivity index is 1.84. The van der Waals surface area contributed by atoms with Crippen molar-refractivity contribution in [3.63, 3.8) is 0 Å². The highest BCUT2D eigenvalue weighted by molar-refractivity contribution is 6.01. The van der Waals surface area contributed by atoms with Crippen molar-refractivity contribution in [3.05, 3.63) is 58.7 Å². The molecule has 2 aromatic rings. The molecule has 5 nitrogen and oxygen atoms in total. The van der Waals surface area contributed by atoms with Crippen molar-refractivity contribution in [2.45, 2.75) is 47.6 Å². The topological polar surface area (TPSA) is 52.6 Å². The molecular formula is C24H31N3O2. The zero-order chi connectivity index (χ0) is 21.1. The Morgan fingerprint density at radius 1 is 1.03 bits per heavy atom. The van der Waals surface area contributed by atoms with Crippen molar-refractivity contribution >= 4 is 23.3 Å². The summed E-state index contributed by atoms with van der Waals surface area (Å²) in [5.74, 6) is -0.171. The fourth-order valence-electron chi connectivity index (χ4n) is 3.54. The standard InChI is InChI=1S/C24H31N3O2/c1-16(2)23(28)25-21-13-17(3)7-10-22(21)27-12-6-11-26(24(27)29)15-20-9-8-18(4)19(5)14-20/h7-10,13-14,16H,6,11-12,15H2,1-5H3,(H,25,28). The van der Waals surface area contributed by atoms with Gasteiger partial charge in [0, 0.05) is 25.6 Å². The molecule has 3 amide bonds. The SMILES string of the molecule is Cc1ccc(N2CCCN(Cc3ccc(C)c(C)c3)C2=O)c(NC(=O)C(C)C)c1. The fraction of sp³-hybridized carbons (Fsp3) is 0.417. The van der Waals surface area contributed by atoms with Gasteiger partial charge < -0.3 is 10.2 Å². The van der Waals surface area contributed by atoms with Gasteiger partial charge in [0.15, 0.2) is 0 Å². The third-order valence-electron chi connectivity index (χ3n) is 5.48. The van der Waals surface area contributed by atoms with Gasteiger partial charge in [0.05, 0.1) is 11.4 Å². The lowest BCUT2D eigenvalue weighted by atomic mass is 10.1. The molecule has 0 bridgehead atoms. The first-order valence-electron chi connectivity index (χ1n) is 10.3. The molecule has 0 radical (unpaired) electrons. The van der Waals surface area contributed by atoms with E-state index >= 15 is 0 Å². The molecule has 0 aliphatic carbocycles. The number of nitrogens with one attached hydrogen (secondary N) is 1. The largest absolute Gasteiger partial charge is 0.324 e. The quantitative estimate of drug-likeness (QED) is 0.774. The van der Waals surface area contributed by atoms with Gasteiger partial charge in [-0.15, -0.1) is 0 Å². The van der Waals surface area contributed by atoms with Gasteiger partial charge in [-0.25, -0.2) is 4.79 Å². The number of amides is 3. The second-order valence-electron chi connectivity index (χ2n) is 8.29. The van der Waals surface area contributed by atoms with Crippen LogP contribution in [0.4, 0.5) is 16.2 Å². The smallest absolute Gasteiger partial charge is 0.324 e. The van der Waals surface area contributed by atoms with E-state index in [-0.39, 0.29) is 17.9 Å². The second-order valence-corrected chi connectivity index (χ2v) is 8.29. The Labute approximate surface area is 173 Å². The maximum atomic E-state index is 13.3. The van der Waals surface area contributed by atoms with Crippen molar-refractivity contribution in [2.24, 2.45) is 5.92 Å². The molecule has 1 fully saturated rings. The highest BCUT2D eigenvalue weighted by atomic mass is 16.2. The molecule has 5 heteroatoms. The average Bonchev–Trinajstić information content (AvgIpc) is 2.67. The van der Waals surface area contributed by atoms with Crippen LogP contribution in [0.3, 0.4) is 0 Å². The van der Waals surface area contributed by atoms with Gasteiger partial charge >= 0.3 is 6.03 Å². The number of carbonyl (C=O) groups is 2. The molecule has 1 saturated heterocycles. The van der Waals surface area contributed by atoms with E-state index in [0.29, 0.717) is 18.8 Å². The van der Waals surface area contributed by atoms with Gasteiger partial charge in [0.1, 0.15) is 0 Å². The van der Waals surface area contributed by atoms with E-state index in [1.165, 1.54) is 11.1 Å². The minimum Gasteiger partial charge on any atom is -0.324 e. The van der Waals surface area contributed by atoms with Crippen molar-refractivity contribution in [1.29, 1.82) is 0 Å². The first-order valence-corrected chi connectivity index (χ1v) is 10.3. The van der Waals surface area contributed by atoms with Gasteiger partial charge in [0.25, 0.3) is 0 Å². The summed E-state index contributed by atoms with van der Waals surface area (Å²) in [5.41, 5.74) is 6.14. The molecule has 2 aromatic carbocycles. The van der Waals surface area contributed by atoms with Crippen molar-refractivity contribution in [2.75, 3.05) is 23.3 Å². The molecule has 3 rings (SSSR count). The van der Waals surface area contributed by atoms with Crippen molar-refractivity contribution in [3.8, 4) is 0 Å². The summed E-state index contributed by atoms with van der Waals surface area (Å²) >= 11 is 0. The minimum absolute atomic E-state index is 0.0154. The Morgan fingerprint density at radius 2 is 1.79 bits per heavy atom. The Hall–Kier alpha value is -2.82. The van der Waals surface area contributed by atoms with E-state index < -0.39 is 0 Å². The average molecular weight is 394 g/mol. The second kappa shape index (κ2) is 8.68. The predicted octanol–water partition coefficient (Wildman–Crippen LogP) is 5.04. The summed E-state index contributed by atoms with van der Waals surface area (Å²) in [6.07, 6.45) is 0.891. The summed E-state index contributed by atoms with van der Waals surface area (Å²) in [6.45, 7) is 11.9. The Kier molecular flexibility index (Phi) is 6.26. The maximum Gasteiger partial charge on any atom is 0.324 e. The van der Waals surface area contributed by atoms with Crippen LogP contribution in [0.5, 0.6) is 0 Å². The van der Waals surface area contributed by atoms with E-state index in [1.54, 1.807) is 4.90 Å². The third-order valence-corrected chi connectivity index (χ3v) is 5.48. The van der Waals surface area contributed by atoms with Crippen LogP contribution in [0.25, 0.3) is 0 Å². The normalized spacial score (nSPS) is 14.5. The molecule has 0 saturated carbocycles. The summed E-state index contributed by atoms with van der Waals surface area (Å²) in [5, 5.41) is 3.00. The zero-order valence-corrected chi connectivity index (χ0v) is 18.1. The number of aryl methyl sites for hydroxylation is 3. The maximum absolute atomic E-state index is 13.3. The molecular weight excluding hydrogens is 362 g/mol. The fourth-order valence-corrected chi connectivity index (χ4v) is 3.54. The molecule has 29 heavy (non-hydrogen) atoms. The van der Waals surface area contributed by atoms with Crippen LogP contribution in [0.15, 0.2) is 36.4 Å². The van der Waals surface area contributed by atoms with Gasteiger partial charge in [-0.3, -0.25) is 9.69 Å². The van der Waals surface area contributed by atoms with E-state index in [0.717, 1.165) is 29.8 Å². The molecule has 1 heterocycles. The summed E-state index contributed by atoms with van der Waals surface area (Å²) in [6, 6.07) is 12.2. The number of nitrogens with zero attached hydrogens (tertiary/aromatic N) is 2. The molecule has 154 valence electrons. The number of anilines is 2. The summed E-state index contributed by atoms with van der Waals surface area (Å²) in [4.78, 5) is 29.2. The van der Waals surface area contributed by atoms with Crippen LogP contribution in [0, 0.1) is 26.7 Å². The Bertz CT molecular complexity index is 920. The van der Waals surface area contributed by atoms with Gasteiger partial charge in [-0.2, -0.15) is 0 Å². The van der Waals surface area contributed by atoms with E-state index in [2.05, 4.69) is 37.4 Å². The highest BCUT2D eigenvalue weighted by Gasteiger charge is 2.29. The number of urea groups is 1. The molecule has 0 spiro atoms. The van der Waals surface area contributed by atoms with E-state index in [4.69, 9.17) is 0 Å². The van der Waals surface area contributed by atoms with Crippen LogP contribution in [0.1, 0.15) is 42.5 Å². The van der Waals surface area contributed by atoms with Crippen LogP contribution >= 0.6 is 0 Å². The lowest BCUT2D eigenvalue weighted by molar-refractivity contribution is -0.118. The lowest BCUT2D eigenvalue weighted by Gasteiger charge is -2.36. The molecule has 0 atom stereocenters. The number of hydrogen-bond donors (Lipinski definition) is 1. The lowest BCUT2D eigenvalue weighted by Crippen LogP contribution is -2.49. The summed E-state index contributed by atoms with van der Waals surface area (Å²) in [7, 11) is 0. The molecule has 1 aliphatic rings. The first kappa shape index (κ1) is 20.9. The monoisotopic (exact) mass is 393 g/mol. The predicted molar refractivity (Wildman–Crippen MR) is 118 cm³/mol. The molecule has 0 aromatic heterocycles. The van der Waals surface area contributed by atoms with Gasteiger partial charge in [-0.1, -0.05) is 38.1 Å². The van der Waals surface area contributed by atoms with Crippen LogP contribution in [-0.2, 0) is 11.3 Å². The first-order chi connectivity index (χ1) is 13.8. The van der Waals surface area contributed by atoms with E-state index in [1.807, 2.05) is 43.9 Å². The number of carbonyl (C=O) groups excluding carboxylic acids is 2. The number of hydrogen-bond acceptors (Lipinski definition) is 2. The highest BCUT2D eigenvalue weighted by Crippen LogP contribution is 2.31. The Morgan fingerprint density at radius 3 is 2.48 bits per heavy atom. The molecule has 0 unspecified atom stereocenters. The van der Waals surface area contributed by atoms with Gasteiger partial charge in [0.2, 0.25) is 5.91 Å². The minimum atomic E-state index is -0.123. The number of benzene rings is 2. The van der Waals surface area contributed by atoms with Crippen molar-refractivity contribution in [1.82, 2.24) is 4.90 Å². The third kappa shape index (κ3) is 4.78. The van der Waals surface area contributed by atoms with E-state index in [9.17, 15) is 9.59 Å². The number of rotatable bonds is 5. The van der Waals surface area contributed by atoms with Gasteiger partial charge in [-0.05, 0) is 61.6 Å². The van der Waals surface area contributed by atoms with Crippen LogP contribution < -0.4 is 10.2 Å². The van der Waals surface area contributed by atoms with Crippen LogP contribution in [-0.4, -0.2) is 29.9 Å². The summed E-state index contributed by atoms with van der Waals surface area (Å²) < 4.78 is 0. The van der Waals surface area contributed by atoms with Crippen LogP contribution in [0.2, 0.25) is 0 Å². The molecule has 1 aliphatic heterocycles.